The van der Waals surface area contributed by atoms with Gasteiger partial charge in [0.1, 0.15) is 4.90 Å². The number of rotatable bonds is 5. The van der Waals surface area contributed by atoms with E-state index in [1.54, 1.807) is 13.0 Å². The fraction of sp³-hybridized carbons (Fsp3) is 0.238. The van der Waals surface area contributed by atoms with Gasteiger partial charge in [0.2, 0.25) is 0 Å². The van der Waals surface area contributed by atoms with Crippen LogP contribution in [0.5, 0.6) is 0 Å². The maximum atomic E-state index is 13.2. The van der Waals surface area contributed by atoms with Crippen LogP contribution in [0, 0.1) is 18.8 Å². The molecule has 0 aliphatic heterocycles. The zero-order valence-corrected chi connectivity index (χ0v) is 18.5. The van der Waals surface area contributed by atoms with Crippen molar-refractivity contribution in [1.29, 1.82) is 0 Å². The minimum absolute atomic E-state index is 0.0363. The van der Waals surface area contributed by atoms with E-state index < -0.39 is 27.7 Å². The smallest absolute Gasteiger partial charge is 0.416 e. The molecule has 0 bridgehead atoms. The van der Waals surface area contributed by atoms with Crippen LogP contribution < -0.4 is 4.72 Å². The van der Waals surface area contributed by atoms with Crippen molar-refractivity contribution in [2.75, 3.05) is 11.8 Å². The highest BCUT2D eigenvalue weighted by molar-refractivity contribution is 7.93. The third-order valence-corrected chi connectivity index (χ3v) is 6.83. The van der Waals surface area contributed by atoms with E-state index in [0.717, 1.165) is 18.2 Å². The number of hydrogen-bond donors (Lipinski definition) is 1. The number of halogens is 3. The van der Waals surface area contributed by atoms with E-state index in [-0.39, 0.29) is 29.0 Å². The number of fused-ring (bicyclic) bond motifs is 1. The van der Waals surface area contributed by atoms with E-state index in [0.29, 0.717) is 15.2 Å². The molecule has 3 aromatic rings. The zero-order chi connectivity index (χ0) is 23.5. The average molecular weight is 483 g/mol. The predicted octanol–water partition coefficient (Wildman–Crippen LogP) is 4.73. The van der Waals surface area contributed by atoms with Crippen molar-refractivity contribution < 1.29 is 31.1 Å². The fourth-order valence-corrected chi connectivity index (χ4v) is 5.25. The maximum Gasteiger partial charge on any atom is 0.416 e. The third kappa shape index (κ3) is 5.38. The molecule has 32 heavy (non-hydrogen) atoms. The van der Waals surface area contributed by atoms with Gasteiger partial charge in [-0.15, -0.1) is 11.3 Å². The van der Waals surface area contributed by atoms with Crippen molar-refractivity contribution in [1.82, 2.24) is 4.98 Å². The lowest BCUT2D eigenvalue weighted by Gasteiger charge is -2.13. The number of aryl methyl sites for hydroxylation is 1. The van der Waals surface area contributed by atoms with Crippen molar-refractivity contribution in [3.63, 3.8) is 0 Å². The van der Waals surface area contributed by atoms with E-state index in [1.807, 2.05) is 0 Å². The molecule has 1 N–H and O–H groups in total. The van der Waals surface area contributed by atoms with Crippen molar-refractivity contribution in [3.8, 4) is 11.8 Å². The SMILES string of the molecule is COC(=O)CCC#Cc1cc(C(F)(F)F)ccc1NS(=O)(=O)c1cccc2nc(C)sc12. The Kier molecular flexibility index (Phi) is 6.76. The minimum Gasteiger partial charge on any atom is -0.469 e. The third-order valence-electron chi connectivity index (χ3n) is 4.27. The molecule has 0 unspecified atom stereocenters. The largest absolute Gasteiger partial charge is 0.469 e. The number of alkyl halides is 3. The van der Waals surface area contributed by atoms with Gasteiger partial charge in [0, 0.05) is 12.0 Å². The molecule has 0 atom stereocenters. The second kappa shape index (κ2) is 9.18. The van der Waals surface area contributed by atoms with Crippen LogP contribution in [0.25, 0.3) is 10.2 Å². The standard InChI is InChI=1S/C21H17F3N2O4S2/c1-13-25-17-7-5-8-18(20(17)31-13)32(28,29)26-16-11-10-15(21(22,23)24)12-14(16)6-3-4-9-19(27)30-2/h5,7-8,10-12,26H,4,9H2,1-2H3. The second-order valence-corrected chi connectivity index (χ2v) is 9.43. The van der Waals surface area contributed by atoms with Gasteiger partial charge >= 0.3 is 12.1 Å². The monoisotopic (exact) mass is 482 g/mol. The first-order valence-corrected chi connectivity index (χ1v) is 11.5. The number of carbonyl (C=O) groups excluding carboxylic acids is 1. The summed E-state index contributed by atoms with van der Waals surface area (Å²) in [6.45, 7) is 1.74. The molecule has 0 saturated carbocycles. The van der Waals surface area contributed by atoms with E-state index >= 15 is 0 Å². The number of aromatic nitrogens is 1. The van der Waals surface area contributed by atoms with Crippen LogP contribution in [0.4, 0.5) is 18.9 Å². The van der Waals surface area contributed by atoms with Crippen molar-refractivity contribution in [3.05, 3.63) is 52.5 Å². The van der Waals surface area contributed by atoms with Crippen LogP contribution in [0.1, 0.15) is 29.0 Å². The molecule has 11 heteroatoms. The van der Waals surface area contributed by atoms with Gasteiger partial charge in [-0.05, 0) is 37.3 Å². The summed E-state index contributed by atoms with van der Waals surface area (Å²) in [7, 11) is -2.94. The number of ether oxygens (including phenoxy) is 1. The zero-order valence-electron chi connectivity index (χ0n) is 16.9. The van der Waals surface area contributed by atoms with Gasteiger partial charge in [-0.3, -0.25) is 9.52 Å². The lowest BCUT2D eigenvalue weighted by molar-refractivity contribution is -0.140. The van der Waals surface area contributed by atoms with E-state index in [4.69, 9.17) is 0 Å². The van der Waals surface area contributed by atoms with Crippen LogP contribution in [0.2, 0.25) is 0 Å². The van der Waals surface area contributed by atoms with Crippen molar-refractivity contribution in [2.45, 2.75) is 30.8 Å². The topological polar surface area (TPSA) is 85.4 Å². The molecule has 0 aliphatic carbocycles. The molecule has 1 heterocycles. The molecule has 1 aromatic heterocycles. The lowest BCUT2D eigenvalue weighted by Crippen LogP contribution is -2.15. The number of nitrogens with one attached hydrogen (secondary N) is 1. The molecule has 0 aliphatic rings. The number of benzene rings is 2. The highest BCUT2D eigenvalue weighted by Gasteiger charge is 2.31. The number of carbonyl (C=O) groups is 1. The lowest BCUT2D eigenvalue weighted by atomic mass is 10.1. The molecule has 6 nitrogen and oxygen atoms in total. The second-order valence-electron chi connectivity index (χ2n) is 6.58. The maximum absolute atomic E-state index is 13.2. The number of hydrogen-bond acceptors (Lipinski definition) is 6. The number of esters is 1. The number of methoxy groups -OCH3 is 1. The Hall–Kier alpha value is -3.10. The Morgan fingerprint density at radius 1 is 1.25 bits per heavy atom. The Bertz CT molecular complexity index is 1340. The first kappa shape index (κ1) is 23.6. The quantitative estimate of drug-likeness (QED) is 0.420. The molecular formula is C21H17F3N2O4S2. The van der Waals surface area contributed by atoms with Crippen LogP contribution >= 0.6 is 11.3 Å². The Morgan fingerprint density at radius 3 is 2.69 bits per heavy atom. The molecule has 168 valence electrons. The first-order valence-electron chi connectivity index (χ1n) is 9.17. The van der Waals surface area contributed by atoms with Crippen molar-refractivity contribution in [2.24, 2.45) is 0 Å². The normalized spacial score (nSPS) is 11.7. The van der Waals surface area contributed by atoms with E-state index in [1.165, 1.54) is 30.6 Å². The molecule has 0 saturated heterocycles. The Morgan fingerprint density at radius 2 is 2.00 bits per heavy atom. The van der Waals surface area contributed by atoms with Gasteiger partial charge in [-0.25, -0.2) is 13.4 Å². The number of sulfonamides is 1. The fourth-order valence-electron chi connectivity index (χ4n) is 2.78. The first-order chi connectivity index (χ1) is 15.0. The summed E-state index contributed by atoms with van der Waals surface area (Å²) in [5.41, 5.74) is -0.744. The summed E-state index contributed by atoms with van der Waals surface area (Å²) in [6.07, 6.45) is -4.64. The summed E-state index contributed by atoms with van der Waals surface area (Å²) >= 11 is 1.20. The van der Waals surface area contributed by atoms with E-state index in [9.17, 15) is 26.4 Å². The van der Waals surface area contributed by atoms with Crippen LogP contribution in [0.15, 0.2) is 41.3 Å². The summed E-state index contributed by atoms with van der Waals surface area (Å²) in [6, 6.07) is 7.16. The molecule has 0 fully saturated rings. The van der Waals surface area contributed by atoms with Crippen LogP contribution in [0.3, 0.4) is 0 Å². The molecule has 0 radical (unpaired) electrons. The summed E-state index contributed by atoms with van der Waals surface area (Å²) < 4.78 is 72.9. The Balaban J connectivity index is 2.00. The number of anilines is 1. The highest BCUT2D eigenvalue weighted by atomic mass is 32.2. The highest BCUT2D eigenvalue weighted by Crippen LogP contribution is 2.34. The predicted molar refractivity (Wildman–Crippen MR) is 115 cm³/mol. The van der Waals surface area contributed by atoms with Gasteiger partial charge in [-0.2, -0.15) is 13.2 Å². The van der Waals surface area contributed by atoms with Gasteiger partial charge in [0.05, 0.1) is 40.0 Å². The summed E-state index contributed by atoms with van der Waals surface area (Å²) in [5, 5.41) is 0.675. The molecule has 0 amide bonds. The van der Waals surface area contributed by atoms with Crippen LogP contribution in [-0.4, -0.2) is 26.5 Å². The van der Waals surface area contributed by atoms with Gasteiger partial charge in [0.25, 0.3) is 10.0 Å². The molecule has 3 rings (SSSR count). The van der Waals surface area contributed by atoms with Gasteiger partial charge in [0.15, 0.2) is 0 Å². The molecule has 2 aromatic carbocycles. The van der Waals surface area contributed by atoms with Gasteiger partial charge in [-0.1, -0.05) is 17.9 Å². The van der Waals surface area contributed by atoms with E-state index in [2.05, 4.69) is 26.3 Å². The summed E-state index contributed by atoms with van der Waals surface area (Å²) in [5.74, 6) is 4.59. The average Bonchev–Trinajstić information content (AvgIpc) is 3.10. The molecular weight excluding hydrogens is 465 g/mol. The number of nitrogens with zero attached hydrogens (tertiary/aromatic N) is 1. The minimum atomic E-state index is -4.63. The van der Waals surface area contributed by atoms with Crippen LogP contribution in [-0.2, 0) is 25.7 Å². The summed E-state index contributed by atoms with van der Waals surface area (Å²) in [4.78, 5) is 15.4. The molecule has 0 spiro atoms. The Labute approximate surface area is 186 Å². The van der Waals surface area contributed by atoms with Gasteiger partial charge < -0.3 is 4.74 Å². The number of thiazole rings is 1. The van der Waals surface area contributed by atoms with Crippen molar-refractivity contribution >= 4 is 43.2 Å².